The first-order valence-corrected chi connectivity index (χ1v) is 6.87. The van der Waals surface area contributed by atoms with Crippen molar-refractivity contribution < 1.29 is 4.74 Å². The Morgan fingerprint density at radius 1 is 1.21 bits per heavy atom. The maximum absolute atomic E-state index is 5.71. The van der Waals surface area contributed by atoms with E-state index in [1.54, 1.807) is 7.11 Å². The number of nitrogens with one attached hydrogen (secondary N) is 1. The van der Waals surface area contributed by atoms with Gasteiger partial charge in [-0.1, -0.05) is 17.7 Å². The van der Waals surface area contributed by atoms with E-state index in [0.717, 1.165) is 12.8 Å². The Morgan fingerprint density at radius 2 is 1.74 bits per heavy atom. The molecule has 19 heavy (non-hydrogen) atoms. The number of hydrazine groups is 1. The van der Waals surface area contributed by atoms with E-state index in [2.05, 4.69) is 52.2 Å². The van der Waals surface area contributed by atoms with E-state index in [9.17, 15) is 0 Å². The zero-order valence-electron chi connectivity index (χ0n) is 13.1. The molecule has 3 nitrogen and oxygen atoms in total. The van der Waals surface area contributed by atoms with Gasteiger partial charge in [-0.3, -0.25) is 11.3 Å². The van der Waals surface area contributed by atoms with Crippen LogP contribution in [0.3, 0.4) is 0 Å². The monoisotopic (exact) mass is 264 g/mol. The summed E-state index contributed by atoms with van der Waals surface area (Å²) < 4.78 is 5.49. The van der Waals surface area contributed by atoms with Gasteiger partial charge in [0.05, 0.1) is 5.60 Å². The van der Waals surface area contributed by atoms with Crippen LogP contribution in [0.2, 0.25) is 0 Å². The molecule has 0 spiro atoms. The van der Waals surface area contributed by atoms with Crippen LogP contribution in [0.1, 0.15) is 42.5 Å². The molecule has 0 aliphatic heterocycles. The highest BCUT2D eigenvalue weighted by atomic mass is 16.5. The molecule has 108 valence electrons. The van der Waals surface area contributed by atoms with Crippen LogP contribution in [0.15, 0.2) is 12.1 Å². The lowest BCUT2D eigenvalue weighted by molar-refractivity contribution is 0.00708. The molecular weight excluding hydrogens is 236 g/mol. The highest BCUT2D eigenvalue weighted by Crippen LogP contribution is 2.22. The smallest absolute Gasteiger partial charge is 0.0638 e. The standard InChI is InChI=1S/C16H28N2O/c1-11-7-12(2)15(13(3)8-11)9-14(18-17)10-16(4,5)19-6/h7-8,14,18H,9-10,17H2,1-6H3. The zero-order chi connectivity index (χ0) is 14.6. The summed E-state index contributed by atoms with van der Waals surface area (Å²) in [5.41, 5.74) is 8.15. The molecule has 1 aromatic carbocycles. The van der Waals surface area contributed by atoms with E-state index in [1.165, 1.54) is 22.3 Å². The first-order chi connectivity index (χ1) is 8.79. The lowest BCUT2D eigenvalue weighted by atomic mass is 9.90. The largest absolute Gasteiger partial charge is 0.379 e. The maximum Gasteiger partial charge on any atom is 0.0638 e. The van der Waals surface area contributed by atoms with E-state index >= 15 is 0 Å². The summed E-state index contributed by atoms with van der Waals surface area (Å²) >= 11 is 0. The predicted octanol–water partition coefficient (Wildman–Crippen LogP) is 2.80. The normalized spacial score (nSPS) is 13.6. The fourth-order valence-corrected chi connectivity index (χ4v) is 2.65. The number of benzene rings is 1. The van der Waals surface area contributed by atoms with Gasteiger partial charge < -0.3 is 4.74 Å². The van der Waals surface area contributed by atoms with Crippen LogP contribution in [0.4, 0.5) is 0 Å². The van der Waals surface area contributed by atoms with Crippen LogP contribution in [0.5, 0.6) is 0 Å². The van der Waals surface area contributed by atoms with Gasteiger partial charge in [0.25, 0.3) is 0 Å². The first kappa shape index (κ1) is 16.2. The van der Waals surface area contributed by atoms with Crippen molar-refractivity contribution in [3.05, 3.63) is 34.4 Å². The molecule has 0 amide bonds. The van der Waals surface area contributed by atoms with Crippen LogP contribution in [-0.4, -0.2) is 18.8 Å². The molecule has 0 fully saturated rings. The van der Waals surface area contributed by atoms with Crippen molar-refractivity contribution in [2.75, 3.05) is 7.11 Å². The number of nitrogens with two attached hydrogens (primary N) is 1. The molecule has 0 radical (unpaired) electrons. The van der Waals surface area contributed by atoms with Gasteiger partial charge in [0.2, 0.25) is 0 Å². The third-order valence-corrected chi connectivity index (χ3v) is 3.82. The second kappa shape index (κ2) is 6.51. The zero-order valence-corrected chi connectivity index (χ0v) is 13.1. The molecule has 3 N–H and O–H groups in total. The molecule has 0 heterocycles. The van der Waals surface area contributed by atoms with E-state index in [4.69, 9.17) is 10.6 Å². The van der Waals surface area contributed by atoms with Crippen LogP contribution in [0, 0.1) is 20.8 Å². The average Bonchev–Trinajstić information content (AvgIpc) is 2.32. The Balaban J connectivity index is 2.88. The molecule has 1 atom stereocenters. The van der Waals surface area contributed by atoms with Gasteiger partial charge in [-0.15, -0.1) is 0 Å². The second-order valence-corrected chi connectivity index (χ2v) is 6.11. The number of hydrogen-bond donors (Lipinski definition) is 2. The third-order valence-electron chi connectivity index (χ3n) is 3.82. The topological polar surface area (TPSA) is 47.3 Å². The van der Waals surface area contributed by atoms with Crippen LogP contribution >= 0.6 is 0 Å². The number of hydrogen-bond acceptors (Lipinski definition) is 3. The van der Waals surface area contributed by atoms with Crippen molar-refractivity contribution in [2.45, 2.75) is 59.1 Å². The highest BCUT2D eigenvalue weighted by molar-refractivity contribution is 5.38. The van der Waals surface area contributed by atoms with Gasteiger partial charge in [-0.2, -0.15) is 0 Å². The van der Waals surface area contributed by atoms with Gasteiger partial charge in [-0.25, -0.2) is 0 Å². The molecule has 0 saturated carbocycles. The van der Waals surface area contributed by atoms with Gasteiger partial charge >= 0.3 is 0 Å². The Kier molecular flexibility index (Phi) is 5.53. The summed E-state index contributed by atoms with van der Waals surface area (Å²) in [5.74, 6) is 5.71. The highest BCUT2D eigenvalue weighted by Gasteiger charge is 2.23. The minimum Gasteiger partial charge on any atom is -0.379 e. The third kappa shape index (κ3) is 4.60. The van der Waals surface area contributed by atoms with Gasteiger partial charge in [0.15, 0.2) is 0 Å². The molecule has 3 heteroatoms. The second-order valence-electron chi connectivity index (χ2n) is 6.11. The van der Waals surface area contributed by atoms with Gasteiger partial charge in [0, 0.05) is 13.2 Å². The Hall–Kier alpha value is -0.900. The van der Waals surface area contributed by atoms with Gasteiger partial charge in [0.1, 0.15) is 0 Å². The predicted molar refractivity (Wildman–Crippen MR) is 81.2 cm³/mol. The average molecular weight is 264 g/mol. The minimum absolute atomic E-state index is 0.163. The van der Waals surface area contributed by atoms with Crippen molar-refractivity contribution in [2.24, 2.45) is 5.84 Å². The van der Waals surface area contributed by atoms with E-state index in [1.807, 2.05) is 0 Å². The molecule has 1 aromatic rings. The number of ether oxygens (including phenoxy) is 1. The SMILES string of the molecule is COC(C)(C)CC(Cc1c(C)cc(C)cc1C)NN. The first-order valence-electron chi connectivity index (χ1n) is 6.87. The maximum atomic E-state index is 5.71. The quantitative estimate of drug-likeness (QED) is 0.613. The molecular formula is C16H28N2O. The fraction of sp³-hybridized carbons (Fsp3) is 0.625. The summed E-state index contributed by atoms with van der Waals surface area (Å²) in [6.45, 7) is 10.7. The summed E-state index contributed by atoms with van der Waals surface area (Å²) in [5, 5.41) is 0. The summed E-state index contributed by atoms with van der Waals surface area (Å²) in [7, 11) is 1.75. The van der Waals surface area contributed by atoms with E-state index < -0.39 is 0 Å². The summed E-state index contributed by atoms with van der Waals surface area (Å²) in [6, 6.07) is 4.68. The van der Waals surface area contributed by atoms with Crippen molar-refractivity contribution in [3.63, 3.8) is 0 Å². The van der Waals surface area contributed by atoms with Crippen LogP contribution in [0.25, 0.3) is 0 Å². The molecule has 0 saturated heterocycles. The molecule has 1 rings (SSSR count). The van der Waals surface area contributed by atoms with E-state index in [-0.39, 0.29) is 11.6 Å². The molecule has 1 unspecified atom stereocenters. The molecule has 0 aromatic heterocycles. The van der Waals surface area contributed by atoms with Crippen molar-refractivity contribution in [1.82, 2.24) is 5.43 Å². The molecule has 0 aliphatic carbocycles. The molecule has 0 aliphatic rings. The van der Waals surface area contributed by atoms with Gasteiger partial charge in [-0.05, 0) is 64.2 Å². The van der Waals surface area contributed by atoms with Crippen LogP contribution in [-0.2, 0) is 11.2 Å². The Labute approximate surface area is 117 Å². The minimum atomic E-state index is -0.163. The van der Waals surface area contributed by atoms with E-state index in [0.29, 0.717) is 0 Å². The molecule has 0 bridgehead atoms. The number of methoxy groups -OCH3 is 1. The fourth-order valence-electron chi connectivity index (χ4n) is 2.65. The summed E-state index contributed by atoms with van der Waals surface area (Å²) in [6.07, 6.45) is 1.81. The van der Waals surface area contributed by atoms with Crippen molar-refractivity contribution in [1.29, 1.82) is 0 Å². The van der Waals surface area contributed by atoms with Crippen molar-refractivity contribution in [3.8, 4) is 0 Å². The number of aryl methyl sites for hydroxylation is 3. The lowest BCUT2D eigenvalue weighted by Gasteiger charge is -2.29. The lowest BCUT2D eigenvalue weighted by Crippen LogP contribution is -2.42. The summed E-state index contributed by atoms with van der Waals surface area (Å²) in [4.78, 5) is 0. The van der Waals surface area contributed by atoms with Crippen LogP contribution < -0.4 is 11.3 Å². The number of rotatable bonds is 6. The Bertz CT molecular complexity index is 404. The van der Waals surface area contributed by atoms with Crippen molar-refractivity contribution >= 4 is 0 Å². The Morgan fingerprint density at radius 3 is 2.16 bits per heavy atom.